The number of hydrogen-bond acceptors (Lipinski definition) is 6. The van der Waals surface area contributed by atoms with Crippen molar-refractivity contribution in [3.8, 4) is 0 Å². The molecule has 0 unspecified atom stereocenters. The number of pyridine rings is 1. The summed E-state index contributed by atoms with van der Waals surface area (Å²) in [5, 5.41) is 0.383. The maximum Gasteiger partial charge on any atom is 0.280 e. The smallest absolute Gasteiger partial charge is 0.280 e. The Labute approximate surface area is 167 Å². The molecule has 4 rings (SSSR count). The van der Waals surface area contributed by atoms with Crippen molar-refractivity contribution in [2.45, 2.75) is 31.2 Å². The van der Waals surface area contributed by atoms with E-state index in [4.69, 9.17) is 0 Å². The normalized spacial score (nSPS) is 15.0. The molecule has 0 bridgehead atoms. The largest absolute Gasteiger partial charge is 0.339 e. The summed E-state index contributed by atoms with van der Waals surface area (Å²) in [5.41, 5.74) is 1.49. The number of nitrogens with one attached hydrogen (secondary N) is 1. The van der Waals surface area contributed by atoms with Gasteiger partial charge in [-0.2, -0.15) is 12.8 Å². The minimum absolute atomic E-state index is 0.0865. The molecule has 9 heteroatoms. The van der Waals surface area contributed by atoms with Crippen LogP contribution in [0.1, 0.15) is 35.2 Å². The number of carbonyl (C=O) groups excluding carboxylic acids is 1. The summed E-state index contributed by atoms with van der Waals surface area (Å²) in [7, 11) is -3.98. The number of likely N-dealkylation sites (tertiary alicyclic amines) is 1. The molecule has 1 saturated heterocycles. The van der Waals surface area contributed by atoms with Crippen LogP contribution >= 0.6 is 11.5 Å². The van der Waals surface area contributed by atoms with Crippen LogP contribution in [0.4, 0.5) is 5.69 Å². The van der Waals surface area contributed by atoms with Crippen LogP contribution in [0, 0.1) is 6.92 Å². The van der Waals surface area contributed by atoms with Crippen molar-refractivity contribution in [1.82, 2.24) is 14.3 Å². The van der Waals surface area contributed by atoms with Gasteiger partial charge in [-0.3, -0.25) is 9.52 Å². The van der Waals surface area contributed by atoms with E-state index in [1.165, 1.54) is 23.9 Å². The number of hydrogen-bond donors (Lipinski definition) is 1. The highest BCUT2D eigenvalue weighted by atomic mass is 32.2. The van der Waals surface area contributed by atoms with Gasteiger partial charge in [-0.05, 0) is 61.5 Å². The van der Waals surface area contributed by atoms with Crippen LogP contribution in [0.15, 0.2) is 41.7 Å². The maximum absolute atomic E-state index is 13.1. The van der Waals surface area contributed by atoms with Crippen molar-refractivity contribution >= 4 is 43.2 Å². The third-order valence-electron chi connectivity index (χ3n) is 4.79. The molecule has 0 spiro atoms. The molecular formula is C19H20N4O3S2. The molecule has 1 fully saturated rings. The molecular weight excluding hydrogens is 396 g/mol. The van der Waals surface area contributed by atoms with Gasteiger partial charge in [0.15, 0.2) is 5.03 Å². The van der Waals surface area contributed by atoms with Crippen molar-refractivity contribution in [3.05, 3.63) is 47.8 Å². The van der Waals surface area contributed by atoms with E-state index in [1.807, 2.05) is 13.0 Å². The summed E-state index contributed by atoms with van der Waals surface area (Å²) in [5.74, 6) is -0.152. The average Bonchev–Trinajstić information content (AvgIpc) is 3.16. The fourth-order valence-corrected chi connectivity index (χ4v) is 5.29. The van der Waals surface area contributed by atoms with E-state index in [2.05, 4.69) is 14.1 Å². The van der Waals surface area contributed by atoms with Gasteiger partial charge in [0.05, 0.1) is 27.5 Å². The van der Waals surface area contributed by atoms with E-state index in [1.54, 1.807) is 23.1 Å². The fraction of sp³-hybridized carbons (Fsp3) is 0.316. The monoisotopic (exact) mass is 416 g/mol. The van der Waals surface area contributed by atoms with Gasteiger partial charge < -0.3 is 4.90 Å². The number of aromatic nitrogens is 2. The van der Waals surface area contributed by atoms with E-state index < -0.39 is 10.0 Å². The molecule has 3 aromatic rings. The summed E-state index contributed by atoms with van der Waals surface area (Å²) in [6, 6.07) is 6.91. The third-order valence-corrected chi connectivity index (χ3v) is 6.88. The molecule has 146 valence electrons. The highest BCUT2D eigenvalue weighted by molar-refractivity contribution is 7.92. The Hall–Kier alpha value is -2.52. The van der Waals surface area contributed by atoms with Crippen LogP contribution in [0.25, 0.3) is 10.1 Å². The highest BCUT2D eigenvalue weighted by Crippen LogP contribution is 2.28. The first kappa shape index (κ1) is 18.8. The van der Waals surface area contributed by atoms with Gasteiger partial charge in [-0.25, -0.2) is 4.98 Å². The first-order chi connectivity index (χ1) is 13.5. The second kappa shape index (κ2) is 7.48. The minimum Gasteiger partial charge on any atom is -0.339 e. The summed E-state index contributed by atoms with van der Waals surface area (Å²) < 4.78 is 33.5. The number of anilines is 1. The summed E-state index contributed by atoms with van der Waals surface area (Å²) in [6.45, 7) is 3.25. The number of benzene rings is 1. The number of sulfonamides is 1. The molecule has 1 N–H and O–H groups in total. The van der Waals surface area contributed by atoms with Crippen molar-refractivity contribution in [2.75, 3.05) is 17.8 Å². The van der Waals surface area contributed by atoms with Crippen molar-refractivity contribution in [2.24, 2.45) is 0 Å². The number of amides is 1. The Morgan fingerprint density at radius 2 is 1.96 bits per heavy atom. The fourth-order valence-electron chi connectivity index (χ4n) is 3.38. The Balaban J connectivity index is 1.72. The quantitative estimate of drug-likeness (QED) is 0.703. The Morgan fingerprint density at radius 1 is 1.18 bits per heavy atom. The van der Waals surface area contributed by atoms with Crippen LogP contribution in [-0.2, 0) is 10.0 Å². The second-order valence-electron chi connectivity index (χ2n) is 6.86. The van der Waals surface area contributed by atoms with Gasteiger partial charge in [0, 0.05) is 19.3 Å². The van der Waals surface area contributed by atoms with Gasteiger partial charge in [-0.15, -0.1) is 0 Å². The third kappa shape index (κ3) is 3.59. The lowest BCUT2D eigenvalue weighted by Gasteiger charge is -2.27. The number of piperidine rings is 1. The van der Waals surface area contributed by atoms with E-state index in [0.717, 1.165) is 29.5 Å². The first-order valence-electron chi connectivity index (χ1n) is 9.08. The summed E-state index contributed by atoms with van der Waals surface area (Å²) >= 11 is 1.21. The van der Waals surface area contributed by atoms with Crippen LogP contribution < -0.4 is 4.72 Å². The highest BCUT2D eigenvalue weighted by Gasteiger charge is 2.25. The first-order valence-corrected chi connectivity index (χ1v) is 11.3. The zero-order valence-electron chi connectivity index (χ0n) is 15.4. The van der Waals surface area contributed by atoms with Gasteiger partial charge in [0.25, 0.3) is 15.9 Å². The van der Waals surface area contributed by atoms with Crippen LogP contribution in [-0.4, -0.2) is 41.7 Å². The summed E-state index contributed by atoms with van der Waals surface area (Å²) in [6.07, 6.45) is 6.00. The van der Waals surface area contributed by atoms with Crippen molar-refractivity contribution < 1.29 is 13.2 Å². The van der Waals surface area contributed by atoms with Crippen molar-refractivity contribution in [3.63, 3.8) is 0 Å². The van der Waals surface area contributed by atoms with E-state index in [9.17, 15) is 13.2 Å². The molecule has 0 aliphatic carbocycles. The predicted octanol–water partition coefficient (Wildman–Crippen LogP) is 3.43. The van der Waals surface area contributed by atoms with E-state index >= 15 is 0 Å². The van der Waals surface area contributed by atoms with Crippen LogP contribution in [0.2, 0.25) is 0 Å². The molecule has 28 heavy (non-hydrogen) atoms. The van der Waals surface area contributed by atoms with Gasteiger partial charge in [0.1, 0.15) is 0 Å². The topological polar surface area (TPSA) is 92.3 Å². The molecule has 1 aromatic carbocycles. The standard InChI is InChI=1S/C19H20N4O3S2/c1-13-5-6-14(19(24)23-9-3-2-4-10-23)16(11-13)22-28(25,26)18-15-12-21-27-17(15)7-8-20-18/h5-8,11-12,22H,2-4,9-10H2,1H3. The Morgan fingerprint density at radius 3 is 2.75 bits per heavy atom. The lowest BCUT2D eigenvalue weighted by Crippen LogP contribution is -2.36. The minimum atomic E-state index is -3.98. The van der Waals surface area contributed by atoms with Crippen LogP contribution in [0.5, 0.6) is 0 Å². The zero-order chi connectivity index (χ0) is 19.7. The lowest BCUT2D eigenvalue weighted by atomic mass is 10.1. The molecule has 0 saturated carbocycles. The molecule has 7 nitrogen and oxygen atoms in total. The SMILES string of the molecule is Cc1ccc(C(=O)N2CCCCC2)c(NS(=O)(=O)c2nccc3sncc23)c1. The molecule has 0 atom stereocenters. The van der Waals surface area contributed by atoms with Gasteiger partial charge in [0.2, 0.25) is 0 Å². The zero-order valence-corrected chi connectivity index (χ0v) is 17.0. The molecule has 0 radical (unpaired) electrons. The Kier molecular flexibility index (Phi) is 5.03. The number of nitrogens with zero attached hydrogens (tertiary/aromatic N) is 3. The number of aryl methyl sites for hydroxylation is 1. The van der Waals surface area contributed by atoms with E-state index in [0.29, 0.717) is 24.0 Å². The molecule has 1 aliphatic rings. The maximum atomic E-state index is 13.1. The second-order valence-corrected chi connectivity index (χ2v) is 9.29. The van der Waals surface area contributed by atoms with Crippen LogP contribution in [0.3, 0.4) is 0 Å². The molecule has 2 aromatic heterocycles. The summed E-state index contributed by atoms with van der Waals surface area (Å²) in [4.78, 5) is 18.8. The lowest BCUT2D eigenvalue weighted by molar-refractivity contribution is 0.0725. The average molecular weight is 417 g/mol. The van der Waals surface area contributed by atoms with Gasteiger partial charge >= 0.3 is 0 Å². The van der Waals surface area contributed by atoms with E-state index in [-0.39, 0.29) is 16.6 Å². The Bertz CT molecular complexity index is 1140. The number of carbonyl (C=O) groups is 1. The number of rotatable bonds is 4. The molecule has 3 heterocycles. The molecule has 1 aliphatic heterocycles. The van der Waals surface area contributed by atoms with Gasteiger partial charge in [-0.1, -0.05) is 6.07 Å². The predicted molar refractivity (Wildman–Crippen MR) is 109 cm³/mol. The van der Waals surface area contributed by atoms with Crippen molar-refractivity contribution in [1.29, 1.82) is 0 Å². The number of fused-ring (bicyclic) bond motifs is 1. The molecule has 1 amide bonds.